The average molecular weight is 414 g/mol. The van der Waals surface area contributed by atoms with Crippen LogP contribution in [0.15, 0.2) is 35.3 Å². The number of halogens is 3. The Morgan fingerprint density at radius 1 is 1.00 bits per heavy atom. The molecule has 1 nitrogen and oxygen atoms in total. The van der Waals surface area contributed by atoms with Crippen molar-refractivity contribution in [2.24, 2.45) is 16.8 Å². The van der Waals surface area contributed by atoms with E-state index < -0.39 is 23.1 Å². The lowest BCUT2D eigenvalue weighted by Gasteiger charge is -2.25. The highest BCUT2D eigenvalue weighted by atomic mass is 32.1. The summed E-state index contributed by atoms with van der Waals surface area (Å²) < 4.78 is 42.6. The summed E-state index contributed by atoms with van der Waals surface area (Å²) in [5.74, 6) is 5.07. The lowest BCUT2D eigenvalue weighted by molar-refractivity contribution is 0.300. The lowest BCUT2D eigenvalue weighted by Crippen LogP contribution is -2.13. The van der Waals surface area contributed by atoms with E-state index in [1.807, 2.05) is 5.16 Å². The highest BCUT2D eigenvalue weighted by Crippen LogP contribution is 2.32. The molecule has 0 saturated heterocycles. The number of benzene rings is 2. The molecule has 0 amide bonds. The van der Waals surface area contributed by atoms with Crippen LogP contribution in [0, 0.1) is 41.1 Å². The summed E-state index contributed by atoms with van der Waals surface area (Å²) >= 11 is 4.38. The minimum atomic E-state index is -0.917. The van der Waals surface area contributed by atoms with Gasteiger partial charge in [-0.15, -0.1) is 0 Å². The Hall–Kier alpha value is -2.41. The summed E-state index contributed by atoms with van der Waals surface area (Å²) in [6.45, 7) is 2.22. The maximum Gasteiger partial charge on any atom is 0.153 e. The Morgan fingerprint density at radius 2 is 1.69 bits per heavy atom. The number of thiocarbonyl (C=S) groups is 1. The van der Waals surface area contributed by atoms with Gasteiger partial charge in [-0.3, -0.25) is 0 Å². The van der Waals surface area contributed by atoms with Gasteiger partial charge in [-0.05, 0) is 73.6 Å². The predicted molar refractivity (Wildman–Crippen MR) is 114 cm³/mol. The molecule has 29 heavy (non-hydrogen) atoms. The first-order valence-corrected chi connectivity index (χ1v) is 10.3. The summed E-state index contributed by atoms with van der Waals surface area (Å²) in [4.78, 5) is 3.36. The van der Waals surface area contributed by atoms with Crippen molar-refractivity contribution in [3.63, 3.8) is 0 Å². The Balaban J connectivity index is 1.76. The number of aliphatic imine (C=N–C) groups is 1. The van der Waals surface area contributed by atoms with Gasteiger partial charge in [0.25, 0.3) is 0 Å². The van der Waals surface area contributed by atoms with Crippen molar-refractivity contribution in [2.75, 3.05) is 0 Å². The molecule has 1 saturated carbocycles. The predicted octanol–water partition coefficient (Wildman–Crippen LogP) is 7.46. The maximum atomic E-state index is 14.6. The molecule has 0 atom stereocenters. The molecule has 1 fully saturated rings. The fourth-order valence-corrected chi connectivity index (χ4v) is 3.98. The summed E-state index contributed by atoms with van der Waals surface area (Å²) in [6.07, 6.45) is 7.11. The van der Waals surface area contributed by atoms with Crippen LogP contribution in [0.5, 0.6) is 0 Å². The van der Waals surface area contributed by atoms with Gasteiger partial charge in [0.15, 0.2) is 11.6 Å². The monoisotopic (exact) mass is 413 g/mol. The van der Waals surface area contributed by atoms with Crippen LogP contribution in [-0.4, -0.2) is 5.16 Å². The quantitative estimate of drug-likeness (QED) is 0.288. The van der Waals surface area contributed by atoms with Crippen LogP contribution >= 0.6 is 12.2 Å². The van der Waals surface area contributed by atoms with E-state index in [2.05, 4.69) is 36.0 Å². The first kappa shape index (κ1) is 21.3. The van der Waals surface area contributed by atoms with Gasteiger partial charge in [-0.25, -0.2) is 13.2 Å². The number of hydrogen-bond acceptors (Lipinski definition) is 2. The van der Waals surface area contributed by atoms with Crippen molar-refractivity contribution in [2.45, 2.75) is 45.4 Å². The molecule has 2 aromatic rings. The van der Waals surface area contributed by atoms with Crippen LogP contribution in [0.2, 0.25) is 0 Å². The van der Waals surface area contributed by atoms with E-state index in [9.17, 15) is 13.2 Å². The summed E-state index contributed by atoms with van der Waals surface area (Å²) in [5, 5.41) is 1.93. The van der Waals surface area contributed by atoms with E-state index >= 15 is 0 Å². The van der Waals surface area contributed by atoms with Crippen molar-refractivity contribution in [1.29, 1.82) is 0 Å². The molecule has 5 heteroatoms. The van der Waals surface area contributed by atoms with E-state index in [1.165, 1.54) is 37.8 Å². The molecule has 0 unspecified atom stereocenters. The smallest absolute Gasteiger partial charge is 0.153 e. The van der Waals surface area contributed by atoms with Crippen LogP contribution in [-0.2, 0) is 0 Å². The molecule has 3 rings (SSSR count). The molecule has 0 aliphatic heterocycles. The number of isothiocyanates is 1. The van der Waals surface area contributed by atoms with Gasteiger partial charge in [-0.2, -0.15) is 4.99 Å². The zero-order valence-corrected chi connectivity index (χ0v) is 17.1. The minimum absolute atomic E-state index is 0.0922. The van der Waals surface area contributed by atoms with Crippen LogP contribution in [0.4, 0.5) is 18.9 Å². The highest BCUT2D eigenvalue weighted by Gasteiger charge is 2.19. The van der Waals surface area contributed by atoms with Crippen molar-refractivity contribution < 1.29 is 13.2 Å². The molecule has 0 spiro atoms. The number of rotatable bonds is 4. The van der Waals surface area contributed by atoms with Crippen molar-refractivity contribution in [3.05, 3.63) is 53.3 Å². The molecule has 0 bridgehead atoms. The molecule has 2 aromatic carbocycles. The molecule has 0 N–H and O–H groups in total. The van der Waals surface area contributed by atoms with E-state index in [1.54, 1.807) is 6.07 Å². The fraction of sp³-hybridized carbons (Fsp3) is 0.375. The Labute approximate surface area is 175 Å². The zero-order valence-electron chi connectivity index (χ0n) is 16.3. The number of nitrogens with zero attached hydrogens (tertiary/aromatic N) is 1. The average Bonchev–Trinajstić information content (AvgIpc) is 2.70. The fourth-order valence-electron chi connectivity index (χ4n) is 3.89. The van der Waals surface area contributed by atoms with Crippen molar-refractivity contribution >= 4 is 23.1 Å². The molecule has 1 aliphatic carbocycles. The van der Waals surface area contributed by atoms with Gasteiger partial charge in [0.1, 0.15) is 11.5 Å². The van der Waals surface area contributed by atoms with Gasteiger partial charge >= 0.3 is 0 Å². The third kappa shape index (κ3) is 5.35. The zero-order chi connectivity index (χ0) is 20.8. The number of hydrogen-bond donors (Lipinski definition) is 0. The third-order valence-electron chi connectivity index (χ3n) is 5.42. The molecule has 150 valence electrons. The topological polar surface area (TPSA) is 12.4 Å². The second-order valence-corrected chi connectivity index (χ2v) is 7.64. The highest BCUT2D eigenvalue weighted by molar-refractivity contribution is 7.78. The van der Waals surface area contributed by atoms with Crippen LogP contribution in [0.3, 0.4) is 0 Å². The molecule has 0 aromatic heterocycles. The Bertz CT molecular complexity index is 968. The van der Waals surface area contributed by atoms with Gasteiger partial charge in [-0.1, -0.05) is 37.7 Å². The van der Waals surface area contributed by atoms with Crippen LogP contribution < -0.4 is 0 Å². The first-order chi connectivity index (χ1) is 14.0. The van der Waals surface area contributed by atoms with E-state index in [-0.39, 0.29) is 11.1 Å². The first-order valence-electron chi connectivity index (χ1n) is 9.90. The molecular weight excluding hydrogens is 391 g/mol. The summed E-state index contributed by atoms with van der Waals surface area (Å²) in [6, 6.07) is 6.55. The molecule has 0 heterocycles. The standard InChI is InChI=1S/C24H22F3NS/c1-2-3-16-4-6-17(7-5-16)8-9-18-10-11-20(21(25)12-18)19-13-22(26)24(28-15-29)23(27)14-19/h10-14,16-17H,2-7H2,1H3. The van der Waals surface area contributed by atoms with E-state index in [0.29, 0.717) is 11.5 Å². The summed E-state index contributed by atoms with van der Waals surface area (Å²) in [5.41, 5.74) is 0.228. The summed E-state index contributed by atoms with van der Waals surface area (Å²) in [7, 11) is 0. The van der Waals surface area contributed by atoms with Crippen molar-refractivity contribution in [1.82, 2.24) is 0 Å². The minimum Gasteiger partial charge on any atom is -0.206 e. The van der Waals surface area contributed by atoms with Gasteiger partial charge in [0, 0.05) is 17.0 Å². The largest absolute Gasteiger partial charge is 0.206 e. The molecular formula is C24H22F3NS. The second-order valence-electron chi connectivity index (χ2n) is 7.46. The van der Waals surface area contributed by atoms with E-state index in [0.717, 1.165) is 30.9 Å². The molecule has 0 radical (unpaired) electrons. The third-order valence-corrected chi connectivity index (χ3v) is 5.51. The van der Waals surface area contributed by atoms with Gasteiger partial charge < -0.3 is 0 Å². The van der Waals surface area contributed by atoms with Crippen LogP contribution in [0.1, 0.15) is 51.0 Å². The van der Waals surface area contributed by atoms with Gasteiger partial charge in [0.05, 0.1) is 5.16 Å². The Kier molecular flexibility index (Phi) is 7.25. The molecule has 1 aliphatic rings. The maximum absolute atomic E-state index is 14.6. The second kappa shape index (κ2) is 9.87. The van der Waals surface area contributed by atoms with Crippen LogP contribution in [0.25, 0.3) is 11.1 Å². The SMILES string of the molecule is CCCC1CCC(C#Cc2ccc(-c3cc(F)c(N=C=S)c(F)c3)c(F)c2)CC1. The van der Waals surface area contributed by atoms with Gasteiger partial charge in [0.2, 0.25) is 0 Å². The Morgan fingerprint density at radius 3 is 2.28 bits per heavy atom. The lowest BCUT2D eigenvalue weighted by atomic mass is 9.80. The van der Waals surface area contributed by atoms with E-state index in [4.69, 9.17) is 0 Å². The normalized spacial score (nSPS) is 18.5. The van der Waals surface area contributed by atoms with Crippen molar-refractivity contribution in [3.8, 4) is 23.0 Å².